The molecule has 0 atom stereocenters. The number of benzene rings is 1. The largest absolute Gasteiger partial charge is 1.00 e. The second-order valence-corrected chi connectivity index (χ2v) is 7.00. The van der Waals surface area contributed by atoms with Gasteiger partial charge in [-0.2, -0.15) is 11.8 Å². The molecular weight excluding hydrogens is 292 g/mol. The fraction of sp³-hybridized carbons (Fsp3) is 0.250. The average Bonchev–Trinajstić information content (AvgIpc) is 1.92. The first-order valence-corrected chi connectivity index (χ1v) is 7.21. The van der Waals surface area contributed by atoms with Gasteiger partial charge in [0.05, 0.1) is 0 Å². The molecule has 0 radical (unpaired) electrons. The predicted molar refractivity (Wildman–Crippen MR) is 57.6 cm³/mol. The summed E-state index contributed by atoms with van der Waals surface area (Å²) in [7, 11) is 0. The summed E-state index contributed by atoms with van der Waals surface area (Å²) in [6.07, 6.45) is 0. The Morgan fingerprint density at radius 2 is 1.19 bits per heavy atom. The van der Waals surface area contributed by atoms with Crippen LogP contribution in [0.4, 0.5) is 0 Å². The van der Waals surface area contributed by atoms with Gasteiger partial charge >= 0.3 is 88.7 Å². The van der Waals surface area contributed by atoms with Crippen LogP contribution in [-0.2, 0) is 24.1 Å². The molecule has 0 fully saturated rings. The summed E-state index contributed by atoms with van der Waals surface area (Å²) in [6, 6.07) is 8.36. The van der Waals surface area contributed by atoms with E-state index in [1.54, 1.807) is 0 Å². The van der Waals surface area contributed by atoms with Crippen LogP contribution in [0.2, 0.25) is 0 Å². The smallest absolute Gasteiger partial charge is 0.850 e. The first-order valence-electron chi connectivity index (χ1n) is 3.56. The molecule has 16 heavy (non-hydrogen) atoms. The molecule has 0 N–H and O–H groups in total. The van der Waals surface area contributed by atoms with E-state index in [0.29, 0.717) is 0 Å². The summed E-state index contributed by atoms with van der Waals surface area (Å²) in [4.78, 5) is 18.6. The van der Waals surface area contributed by atoms with Crippen LogP contribution in [0, 0.1) is 13.8 Å². The molecule has 1 aromatic rings. The second kappa shape index (κ2) is 14.5. The van der Waals surface area contributed by atoms with Crippen molar-refractivity contribution in [3.63, 3.8) is 0 Å². The van der Waals surface area contributed by atoms with Gasteiger partial charge in [-0.15, -0.1) is 0 Å². The molecule has 0 aliphatic rings. The number of rotatable bonds is 0. The quantitative estimate of drug-likeness (QED) is 0.271. The summed E-state index contributed by atoms with van der Waals surface area (Å²) in [5.41, 5.74) is -0.986. The van der Waals surface area contributed by atoms with Crippen LogP contribution in [0.1, 0.15) is 11.1 Å². The van der Waals surface area contributed by atoms with Gasteiger partial charge < -0.3 is 27.7 Å². The molecule has 0 heterocycles. The maximum absolute atomic E-state index is 9.29. The van der Waals surface area contributed by atoms with Crippen molar-refractivity contribution in [1.82, 2.24) is 0 Å². The molecule has 0 saturated heterocycles. The maximum atomic E-state index is 9.29. The third-order valence-corrected chi connectivity index (χ3v) is 1.43. The van der Waals surface area contributed by atoms with E-state index in [0.717, 1.165) is 0 Å². The maximum Gasteiger partial charge on any atom is 1.00 e. The van der Waals surface area contributed by atoms with Crippen molar-refractivity contribution in [2.24, 2.45) is 0 Å². The second-order valence-electron chi connectivity index (χ2n) is 2.53. The van der Waals surface area contributed by atoms with Crippen LogP contribution in [0.25, 0.3) is 0 Å². The van der Waals surface area contributed by atoms with E-state index < -0.39 is 5.69 Å². The number of aryl methyl sites for hydroxylation is 2. The van der Waals surface area contributed by atoms with Crippen molar-refractivity contribution in [2.75, 3.05) is 0 Å². The van der Waals surface area contributed by atoms with Gasteiger partial charge in [0.2, 0.25) is 0 Å². The van der Waals surface area contributed by atoms with Crippen LogP contribution in [0.5, 0.6) is 0 Å². The van der Waals surface area contributed by atoms with Crippen molar-refractivity contribution in [1.29, 1.82) is 0 Å². The SMILES string of the molecule is Cc1ccccc1C.[Na+].[Na+].[Na+].[O-]P([O-])(=S)[S-]. The molecule has 8 heteroatoms. The normalized spacial score (nSPS) is 8.31. The Labute approximate surface area is 174 Å². The number of hydrogen-bond acceptors (Lipinski definition) is 4. The van der Waals surface area contributed by atoms with Gasteiger partial charge in [0.25, 0.3) is 0 Å². The van der Waals surface area contributed by atoms with Crippen LogP contribution in [-0.4, -0.2) is 0 Å². The van der Waals surface area contributed by atoms with Crippen LogP contribution >= 0.6 is 5.69 Å². The zero-order valence-corrected chi connectivity index (χ0v) is 18.9. The van der Waals surface area contributed by atoms with Crippen molar-refractivity contribution >= 4 is 29.7 Å². The van der Waals surface area contributed by atoms with Gasteiger partial charge in [-0.05, 0) is 25.0 Å². The molecule has 1 aromatic carbocycles. The van der Waals surface area contributed by atoms with Crippen molar-refractivity contribution < 1.29 is 98.5 Å². The van der Waals surface area contributed by atoms with Crippen LogP contribution in [0.15, 0.2) is 24.3 Å². The zero-order chi connectivity index (χ0) is 10.5. The van der Waals surface area contributed by atoms with Gasteiger partial charge in [-0.1, -0.05) is 24.3 Å². The van der Waals surface area contributed by atoms with Crippen LogP contribution in [0.3, 0.4) is 0 Å². The molecule has 0 aliphatic carbocycles. The topological polar surface area (TPSA) is 46.1 Å². The molecule has 2 nitrogen and oxygen atoms in total. The molecule has 0 aromatic heterocycles. The van der Waals surface area contributed by atoms with Gasteiger partial charge in [-0.3, -0.25) is 0 Å². The third-order valence-electron chi connectivity index (χ3n) is 1.43. The van der Waals surface area contributed by atoms with E-state index in [-0.39, 0.29) is 88.7 Å². The number of hydrogen-bond donors (Lipinski definition) is 0. The Kier molecular flexibility index (Phi) is 25.0. The van der Waals surface area contributed by atoms with E-state index in [9.17, 15) is 9.79 Å². The third kappa shape index (κ3) is 22.3. The van der Waals surface area contributed by atoms with Crippen molar-refractivity contribution in [3.05, 3.63) is 35.4 Å². The Bertz CT molecular complexity index is 291. The first kappa shape index (κ1) is 27.5. The molecule has 1 rings (SSSR count). The van der Waals surface area contributed by atoms with Gasteiger partial charge in [0.15, 0.2) is 0 Å². The molecule has 0 aliphatic heterocycles. The van der Waals surface area contributed by atoms with Crippen LogP contribution < -0.4 is 98.5 Å². The molecule has 0 spiro atoms. The van der Waals surface area contributed by atoms with Crippen molar-refractivity contribution in [3.8, 4) is 0 Å². The van der Waals surface area contributed by atoms with Crippen molar-refractivity contribution in [2.45, 2.75) is 13.8 Å². The molecule has 0 saturated carbocycles. The Balaban J connectivity index is -0.0000000818. The average molecular weight is 302 g/mol. The molecule has 0 amide bonds. The van der Waals surface area contributed by atoms with E-state index in [4.69, 9.17) is 0 Å². The summed E-state index contributed by atoms with van der Waals surface area (Å²) in [5.74, 6) is 0. The minimum atomic E-state index is -3.72. The standard InChI is InChI=1S/C8H10.3Na.H3O2PS2/c1-7-5-3-4-6-8(7)2;;;;1-3(2,4)5/h3-6H,1-2H3;;;;(H3,1,2,4,5)/q;3*+1;/p-3. The van der Waals surface area contributed by atoms with E-state index in [1.807, 2.05) is 0 Å². The Morgan fingerprint density at radius 3 is 1.31 bits per heavy atom. The van der Waals surface area contributed by atoms with Gasteiger partial charge in [0, 0.05) is 0 Å². The van der Waals surface area contributed by atoms with E-state index in [2.05, 4.69) is 62.2 Å². The zero-order valence-electron chi connectivity index (χ0n) is 10.4. The molecule has 0 unspecified atom stereocenters. The predicted octanol–water partition coefficient (Wildman–Crippen LogP) is -8.21. The Morgan fingerprint density at radius 1 is 1.00 bits per heavy atom. The van der Waals surface area contributed by atoms with E-state index in [1.165, 1.54) is 11.1 Å². The minimum absolute atomic E-state index is 0. The first-order chi connectivity index (χ1) is 5.80. The van der Waals surface area contributed by atoms with Gasteiger partial charge in [0.1, 0.15) is 0 Å². The summed E-state index contributed by atoms with van der Waals surface area (Å²) in [5, 5.41) is 0. The fourth-order valence-electron chi connectivity index (χ4n) is 0.663. The molecule has 0 bridgehead atoms. The molecular formula is C8H10Na3O2PS2. The summed E-state index contributed by atoms with van der Waals surface area (Å²) >= 11 is 7.28. The Hall–Kier alpha value is 3.14. The molecule has 74 valence electrons. The van der Waals surface area contributed by atoms with Gasteiger partial charge in [-0.25, -0.2) is 0 Å². The summed E-state index contributed by atoms with van der Waals surface area (Å²) < 4.78 is 0. The monoisotopic (exact) mass is 302 g/mol. The minimum Gasteiger partial charge on any atom is -0.850 e. The van der Waals surface area contributed by atoms with E-state index >= 15 is 0 Å². The fourth-order valence-corrected chi connectivity index (χ4v) is 0.663. The summed E-state index contributed by atoms with van der Waals surface area (Å²) in [6.45, 7) is 4.24.